The number of amides is 1. The van der Waals surface area contributed by atoms with E-state index in [1.807, 2.05) is 25.3 Å². The maximum atomic E-state index is 14.8. The second kappa shape index (κ2) is 9.49. The number of aromatic nitrogens is 4. The molecule has 0 radical (unpaired) electrons. The van der Waals surface area contributed by atoms with Crippen molar-refractivity contribution in [3.8, 4) is 11.5 Å². The number of carbonyl (C=O) groups excluding carboxylic acids is 1. The zero-order chi connectivity index (χ0) is 25.4. The van der Waals surface area contributed by atoms with Crippen LogP contribution in [0, 0.1) is 18.6 Å². The molecule has 2 unspecified atom stereocenters. The smallest absolute Gasteiger partial charge is 0.259 e. The molecular formula is C27H26F2N6O. The van der Waals surface area contributed by atoms with Crippen LogP contribution in [0.4, 0.5) is 20.3 Å². The van der Waals surface area contributed by atoms with Crippen LogP contribution in [-0.2, 0) is 0 Å². The Labute approximate surface area is 207 Å². The molecular weight excluding hydrogens is 462 g/mol. The molecule has 1 aliphatic carbocycles. The molecule has 1 aliphatic rings. The minimum absolute atomic E-state index is 0.0411. The number of nitrogens with one attached hydrogen (secondary N) is 2. The van der Waals surface area contributed by atoms with Crippen LogP contribution >= 0.6 is 0 Å². The van der Waals surface area contributed by atoms with E-state index in [0.717, 1.165) is 23.2 Å². The summed E-state index contributed by atoms with van der Waals surface area (Å²) in [4.78, 5) is 17.5. The van der Waals surface area contributed by atoms with Crippen molar-refractivity contribution >= 4 is 17.4 Å². The largest absolute Gasteiger partial charge is 0.382 e. The predicted molar refractivity (Wildman–Crippen MR) is 134 cm³/mol. The van der Waals surface area contributed by atoms with Gasteiger partial charge in [-0.1, -0.05) is 6.07 Å². The van der Waals surface area contributed by atoms with E-state index in [4.69, 9.17) is 0 Å². The Bertz CT molecular complexity index is 1420. The summed E-state index contributed by atoms with van der Waals surface area (Å²) in [5.41, 5.74) is 3.02. The van der Waals surface area contributed by atoms with Gasteiger partial charge in [-0.2, -0.15) is 0 Å². The second-order valence-electron chi connectivity index (χ2n) is 9.31. The van der Waals surface area contributed by atoms with Crippen LogP contribution in [0.3, 0.4) is 0 Å². The first-order valence-corrected chi connectivity index (χ1v) is 11.8. The second-order valence-corrected chi connectivity index (χ2v) is 9.31. The van der Waals surface area contributed by atoms with Crippen LogP contribution < -0.4 is 10.6 Å². The highest BCUT2D eigenvalue weighted by molar-refractivity contribution is 6.04. The summed E-state index contributed by atoms with van der Waals surface area (Å²) < 4.78 is 29.9. The van der Waals surface area contributed by atoms with Gasteiger partial charge in [-0.3, -0.25) is 4.79 Å². The molecule has 9 heteroatoms. The number of pyridine rings is 1. The molecule has 5 rings (SSSR count). The highest BCUT2D eigenvalue weighted by atomic mass is 19.1. The highest BCUT2D eigenvalue weighted by Gasteiger charge is 2.40. The Morgan fingerprint density at radius 3 is 2.64 bits per heavy atom. The number of nitrogens with zero attached hydrogens (tertiary/aromatic N) is 4. The van der Waals surface area contributed by atoms with E-state index in [1.54, 1.807) is 42.7 Å². The first-order chi connectivity index (χ1) is 17.3. The van der Waals surface area contributed by atoms with Gasteiger partial charge in [0, 0.05) is 23.7 Å². The number of rotatable bonds is 7. The van der Waals surface area contributed by atoms with Gasteiger partial charge in [0.25, 0.3) is 5.91 Å². The maximum absolute atomic E-state index is 14.8. The standard InChI is InChI=1S/C27H26F2N6O/c1-15(2)35-14-30-34-26(35)23-5-4-6-25(32-23)33-27(36)21-12-19(16(3)11-22(21)29)20-13-24(20)31-18-9-7-17(28)8-10-18/h4-12,14-15,20,24,31H,13H2,1-3H3,(H,32,33,36). The lowest BCUT2D eigenvalue weighted by Crippen LogP contribution is -2.16. The van der Waals surface area contributed by atoms with Crippen LogP contribution in [0.5, 0.6) is 0 Å². The van der Waals surface area contributed by atoms with E-state index in [1.165, 1.54) is 18.2 Å². The van der Waals surface area contributed by atoms with Gasteiger partial charge in [-0.05, 0) is 86.8 Å². The van der Waals surface area contributed by atoms with Gasteiger partial charge in [-0.25, -0.2) is 13.8 Å². The average Bonchev–Trinajstić information content (AvgIpc) is 3.40. The summed E-state index contributed by atoms with van der Waals surface area (Å²) in [5, 5.41) is 14.2. The third-order valence-corrected chi connectivity index (χ3v) is 6.34. The third kappa shape index (κ3) is 4.82. The lowest BCUT2D eigenvalue weighted by molar-refractivity contribution is 0.102. The van der Waals surface area contributed by atoms with E-state index < -0.39 is 11.7 Å². The van der Waals surface area contributed by atoms with E-state index in [-0.39, 0.29) is 29.4 Å². The van der Waals surface area contributed by atoms with Crippen LogP contribution in [0.2, 0.25) is 0 Å². The molecule has 4 aromatic rings. The van der Waals surface area contributed by atoms with E-state index in [2.05, 4.69) is 25.8 Å². The number of carbonyl (C=O) groups is 1. The summed E-state index contributed by atoms with van der Waals surface area (Å²) >= 11 is 0. The van der Waals surface area contributed by atoms with Crippen molar-refractivity contribution in [3.05, 3.63) is 89.2 Å². The normalized spacial score (nSPS) is 16.7. The quantitative estimate of drug-likeness (QED) is 0.347. The number of aryl methyl sites for hydroxylation is 1. The molecule has 0 saturated heterocycles. The van der Waals surface area contributed by atoms with E-state index in [9.17, 15) is 13.6 Å². The molecule has 184 valence electrons. The Kier molecular flexibility index (Phi) is 6.22. The van der Waals surface area contributed by atoms with Gasteiger partial charge in [0.15, 0.2) is 5.82 Å². The van der Waals surface area contributed by atoms with Crippen molar-refractivity contribution in [1.29, 1.82) is 0 Å². The lowest BCUT2D eigenvalue weighted by Gasteiger charge is -2.13. The van der Waals surface area contributed by atoms with Crippen LogP contribution in [0.25, 0.3) is 11.5 Å². The fraction of sp³-hybridized carbons (Fsp3) is 0.259. The molecule has 0 spiro atoms. The maximum Gasteiger partial charge on any atom is 0.259 e. The van der Waals surface area contributed by atoms with Crippen LogP contribution in [0.15, 0.2) is 60.9 Å². The highest BCUT2D eigenvalue weighted by Crippen LogP contribution is 2.44. The predicted octanol–water partition coefficient (Wildman–Crippen LogP) is 5.73. The number of hydrogen-bond acceptors (Lipinski definition) is 5. The summed E-state index contributed by atoms with van der Waals surface area (Å²) in [5.74, 6) is -0.454. The molecule has 2 heterocycles. The number of anilines is 2. The molecule has 7 nitrogen and oxygen atoms in total. The Morgan fingerprint density at radius 1 is 1.11 bits per heavy atom. The molecule has 36 heavy (non-hydrogen) atoms. The van der Waals surface area contributed by atoms with Crippen molar-refractivity contribution in [2.45, 2.75) is 45.2 Å². The van der Waals surface area contributed by atoms with Crippen molar-refractivity contribution in [1.82, 2.24) is 19.7 Å². The third-order valence-electron chi connectivity index (χ3n) is 6.34. The Morgan fingerprint density at radius 2 is 1.89 bits per heavy atom. The van der Waals surface area contributed by atoms with Gasteiger partial charge in [0.05, 0.1) is 5.56 Å². The summed E-state index contributed by atoms with van der Waals surface area (Å²) in [6.07, 6.45) is 2.47. The zero-order valence-corrected chi connectivity index (χ0v) is 20.2. The molecule has 2 atom stereocenters. The van der Waals surface area contributed by atoms with Gasteiger partial charge >= 0.3 is 0 Å². The average molecular weight is 489 g/mol. The fourth-order valence-electron chi connectivity index (χ4n) is 4.34. The van der Waals surface area contributed by atoms with Gasteiger partial charge < -0.3 is 15.2 Å². The molecule has 1 saturated carbocycles. The SMILES string of the molecule is Cc1cc(F)c(C(=O)Nc2cccc(-c3nncn3C(C)C)n2)cc1C1CC1Nc1ccc(F)cc1. The van der Waals surface area contributed by atoms with Crippen molar-refractivity contribution in [3.63, 3.8) is 0 Å². The minimum Gasteiger partial charge on any atom is -0.382 e. The van der Waals surface area contributed by atoms with E-state index in [0.29, 0.717) is 17.3 Å². The summed E-state index contributed by atoms with van der Waals surface area (Å²) in [7, 11) is 0. The summed E-state index contributed by atoms with van der Waals surface area (Å²) in [6.45, 7) is 5.86. The number of benzene rings is 2. The minimum atomic E-state index is -0.590. The molecule has 2 N–H and O–H groups in total. The number of halogens is 2. The monoisotopic (exact) mass is 488 g/mol. The van der Waals surface area contributed by atoms with Gasteiger partial charge in [-0.15, -0.1) is 10.2 Å². The first-order valence-electron chi connectivity index (χ1n) is 11.8. The van der Waals surface area contributed by atoms with Crippen LogP contribution in [0.1, 0.15) is 53.7 Å². The molecule has 0 bridgehead atoms. The van der Waals surface area contributed by atoms with Crippen LogP contribution in [-0.4, -0.2) is 31.7 Å². The zero-order valence-electron chi connectivity index (χ0n) is 20.2. The first kappa shape index (κ1) is 23.6. The molecule has 0 aliphatic heterocycles. The molecule has 1 amide bonds. The van der Waals surface area contributed by atoms with Crippen molar-refractivity contribution < 1.29 is 13.6 Å². The summed E-state index contributed by atoms with van der Waals surface area (Å²) in [6, 6.07) is 14.6. The van der Waals surface area contributed by atoms with Crippen molar-refractivity contribution in [2.24, 2.45) is 0 Å². The van der Waals surface area contributed by atoms with E-state index >= 15 is 0 Å². The van der Waals surface area contributed by atoms with Crippen molar-refractivity contribution in [2.75, 3.05) is 10.6 Å². The number of hydrogen-bond donors (Lipinski definition) is 2. The molecule has 1 fully saturated rings. The van der Waals surface area contributed by atoms with Gasteiger partial charge in [0.2, 0.25) is 0 Å². The fourth-order valence-corrected chi connectivity index (χ4v) is 4.34. The lowest BCUT2D eigenvalue weighted by atomic mass is 9.99. The van der Waals surface area contributed by atoms with Gasteiger partial charge in [0.1, 0.15) is 29.5 Å². The topological polar surface area (TPSA) is 84.7 Å². The molecule has 2 aromatic carbocycles. The Hall–Kier alpha value is -4.14. The Balaban J connectivity index is 1.34. The molecule has 2 aromatic heterocycles.